The summed E-state index contributed by atoms with van der Waals surface area (Å²) in [4.78, 5) is 28.0. The number of hydrogen-bond donors (Lipinski definition) is 2. The van der Waals surface area contributed by atoms with E-state index < -0.39 is 11.8 Å². The zero-order valence-electron chi connectivity index (χ0n) is 15.7. The average Bonchev–Trinajstić information content (AvgIpc) is 3.22. The smallest absolute Gasteiger partial charge is 0.309 e. The van der Waals surface area contributed by atoms with Crippen LogP contribution in [0.15, 0.2) is 41.8 Å². The second-order valence-corrected chi connectivity index (χ2v) is 7.66. The van der Waals surface area contributed by atoms with Crippen LogP contribution >= 0.6 is 11.3 Å². The van der Waals surface area contributed by atoms with E-state index >= 15 is 0 Å². The summed E-state index contributed by atoms with van der Waals surface area (Å²) in [5.74, 6) is -1.73. The van der Waals surface area contributed by atoms with E-state index in [1.54, 1.807) is 23.5 Å². The number of carbonyl (C=O) groups excluding carboxylic acids is 2. The highest BCUT2D eigenvalue weighted by Gasteiger charge is 2.30. The van der Waals surface area contributed by atoms with Crippen molar-refractivity contribution in [3.8, 4) is 0 Å². The first kappa shape index (κ1) is 20.4. The summed E-state index contributed by atoms with van der Waals surface area (Å²) in [7, 11) is 0. The van der Waals surface area contributed by atoms with Crippen LogP contribution in [0.25, 0.3) is 0 Å². The van der Waals surface area contributed by atoms with Gasteiger partial charge in [-0.15, -0.1) is 11.3 Å². The monoisotopic (exact) mass is 405 g/mol. The number of hydrogen-bond acceptors (Lipinski definition) is 5. The molecule has 2 heterocycles. The molecule has 2 atom stereocenters. The highest BCUT2D eigenvalue weighted by molar-refractivity contribution is 7.10. The normalized spacial score (nSPS) is 16.9. The number of nitrogens with zero attached hydrogens (tertiary/aromatic N) is 1. The Balaban J connectivity index is 1.58. The maximum atomic E-state index is 12.9. The fourth-order valence-electron chi connectivity index (χ4n) is 3.27. The Morgan fingerprint density at radius 2 is 1.89 bits per heavy atom. The lowest BCUT2D eigenvalue weighted by Gasteiger charge is -2.37. The maximum Gasteiger partial charge on any atom is 0.309 e. The van der Waals surface area contributed by atoms with Gasteiger partial charge in [-0.25, -0.2) is 4.39 Å². The van der Waals surface area contributed by atoms with Crippen molar-refractivity contribution in [1.29, 1.82) is 0 Å². The number of nitrogens with one attached hydrogen (secondary N) is 2. The maximum absolute atomic E-state index is 12.9. The van der Waals surface area contributed by atoms with Crippen LogP contribution in [0, 0.1) is 5.82 Å². The predicted molar refractivity (Wildman–Crippen MR) is 105 cm³/mol. The fourth-order valence-corrected chi connectivity index (χ4v) is 4.24. The van der Waals surface area contributed by atoms with Crippen molar-refractivity contribution >= 4 is 23.2 Å². The third-order valence-electron chi connectivity index (χ3n) is 4.68. The van der Waals surface area contributed by atoms with Crippen LogP contribution in [0.3, 0.4) is 0 Å². The first-order valence-corrected chi connectivity index (χ1v) is 10.1. The minimum absolute atomic E-state index is 0.0160. The van der Waals surface area contributed by atoms with Crippen molar-refractivity contribution in [2.45, 2.75) is 25.6 Å². The van der Waals surface area contributed by atoms with Crippen LogP contribution in [0.5, 0.6) is 0 Å². The summed E-state index contributed by atoms with van der Waals surface area (Å²) in [6, 6.07) is 9.54. The molecular formula is C20H24FN3O3S. The van der Waals surface area contributed by atoms with E-state index in [4.69, 9.17) is 4.74 Å². The van der Waals surface area contributed by atoms with Gasteiger partial charge in [0.2, 0.25) is 0 Å². The molecule has 0 saturated carbocycles. The lowest BCUT2D eigenvalue weighted by atomic mass is 10.1. The number of halogens is 1. The molecule has 28 heavy (non-hydrogen) atoms. The molecular weight excluding hydrogens is 381 g/mol. The number of amides is 2. The van der Waals surface area contributed by atoms with Crippen LogP contribution in [0.4, 0.5) is 4.39 Å². The Morgan fingerprint density at radius 1 is 1.18 bits per heavy atom. The number of morpholine rings is 1. The molecule has 0 radical (unpaired) electrons. The van der Waals surface area contributed by atoms with Crippen LogP contribution in [-0.4, -0.2) is 49.1 Å². The molecule has 2 amide bonds. The molecule has 1 fully saturated rings. The van der Waals surface area contributed by atoms with E-state index in [1.165, 1.54) is 12.1 Å². The molecule has 6 nitrogen and oxygen atoms in total. The summed E-state index contributed by atoms with van der Waals surface area (Å²) in [6.45, 7) is 4.93. The van der Waals surface area contributed by atoms with Gasteiger partial charge >= 0.3 is 11.8 Å². The highest BCUT2D eigenvalue weighted by Crippen LogP contribution is 2.29. The molecule has 1 aliphatic heterocycles. The van der Waals surface area contributed by atoms with Gasteiger partial charge in [0.05, 0.1) is 19.3 Å². The minimum Gasteiger partial charge on any atom is -0.379 e. The molecule has 2 unspecified atom stereocenters. The lowest BCUT2D eigenvalue weighted by Crippen LogP contribution is -2.51. The van der Waals surface area contributed by atoms with Crippen LogP contribution in [0.1, 0.15) is 23.4 Å². The average molecular weight is 405 g/mol. The van der Waals surface area contributed by atoms with Crippen molar-refractivity contribution in [3.63, 3.8) is 0 Å². The van der Waals surface area contributed by atoms with Gasteiger partial charge in [0.25, 0.3) is 0 Å². The first-order chi connectivity index (χ1) is 13.5. The van der Waals surface area contributed by atoms with Gasteiger partial charge in [0.1, 0.15) is 5.82 Å². The van der Waals surface area contributed by atoms with Gasteiger partial charge in [0, 0.05) is 30.6 Å². The van der Waals surface area contributed by atoms with Crippen molar-refractivity contribution in [2.24, 2.45) is 0 Å². The fraction of sp³-hybridized carbons (Fsp3) is 0.400. The van der Waals surface area contributed by atoms with Crippen molar-refractivity contribution in [1.82, 2.24) is 15.5 Å². The third kappa shape index (κ3) is 5.37. The molecule has 150 valence electrons. The summed E-state index contributed by atoms with van der Waals surface area (Å²) in [5, 5.41) is 7.40. The molecule has 0 bridgehead atoms. The van der Waals surface area contributed by atoms with Gasteiger partial charge in [-0.3, -0.25) is 14.5 Å². The highest BCUT2D eigenvalue weighted by atomic mass is 32.1. The third-order valence-corrected chi connectivity index (χ3v) is 5.62. The number of benzene rings is 1. The van der Waals surface area contributed by atoms with E-state index in [2.05, 4.69) is 15.5 Å². The largest absolute Gasteiger partial charge is 0.379 e. The van der Waals surface area contributed by atoms with Crippen LogP contribution in [0.2, 0.25) is 0 Å². The summed E-state index contributed by atoms with van der Waals surface area (Å²) in [6.07, 6.45) is 0. The Labute approximate surface area is 167 Å². The molecule has 1 saturated heterocycles. The zero-order chi connectivity index (χ0) is 19.9. The molecule has 1 aromatic carbocycles. The molecule has 1 aromatic heterocycles. The van der Waals surface area contributed by atoms with Crippen LogP contribution < -0.4 is 10.6 Å². The second-order valence-electron chi connectivity index (χ2n) is 6.68. The van der Waals surface area contributed by atoms with E-state index in [-0.39, 0.29) is 24.4 Å². The second kappa shape index (κ2) is 9.77. The number of carbonyl (C=O) groups is 2. The topological polar surface area (TPSA) is 70.7 Å². The minimum atomic E-state index is -0.705. The van der Waals surface area contributed by atoms with Gasteiger partial charge in [-0.05, 0) is 36.1 Å². The van der Waals surface area contributed by atoms with E-state index in [0.717, 1.165) is 23.5 Å². The summed E-state index contributed by atoms with van der Waals surface area (Å²) >= 11 is 1.63. The Kier molecular flexibility index (Phi) is 7.13. The van der Waals surface area contributed by atoms with Crippen LogP contribution in [-0.2, 0) is 20.9 Å². The molecule has 3 rings (SSSR count). The van der Waals surface area contributed by atoms with Gasteiger partial charge in [-0.2, -0.15) is 0 Å². The Hall–Kier alpha value is -2.29. The zero-order valence-corrected chi connectivity index (χ0v) is 16.5. The van der Waals surface area contributed by atoms with Crippen molar-refractivity contribution in [2.75, 3.05) is 26.3 Å². The van der Waals surface area contributed by atoms with Crippen molar-refractivity contribution < 1.29 is 18.7 Å². The lowest BCUT2D eigenvalue weighted by molar-refractivity contribution is -0.140. The summed E-state index contributed by atoms with van der Waals surface area (Å²) in [5.41, 5.74) is 0.723. The molecule has 1 aliphatic rings. The van der Waals surface area contributed by atoms with E-state index in [1.807, 2.05) is 24.4 Å². The van der Waals surface area contributed by atoms with Crippen molar-refractivity contribution in [3.05, 3.63) is 58.0 Å². The predicted octanol–water partition coefficient (Wildman–Crippen LogP) is 2.08. The SMILES string of the molecule is CC(NC(=O)C(=O)NCc1ccc(F)cc1)C(c1cccs1)N1CCOCC1. The van der Waals surface area contributed by atoms with Gasteiger partial charge in [0.15, 0.2) is 0 Å². The quantitative estimate of drug-likeness (QED) is 0.722. The number of thiophene rings is 1. The molecule has 2 N–H and O–H groups in total. The molecule has 8 heteroatoms. The van der Waals surface area contributed by atoms with E-state index in [0.29, 0.717) is 13.2 Å². The van der Waals surface area contributed by atoms with Gasteiger partial charge < -0.3 is 15.4 Å². The molecule has 0 spiro atoms. The number of rotatable bonds is 6. The Morgan fingerprint density at radius 3 is 2.54 bits per heavy atom. The molecule has 2 aromatic rings. The summed E-state index contributed by atoms with van der Waals surface area (Å²) < 4.78 is 18.4. The Bertz CT molecular complexity index is 777. The standard InChI is InChI=1S/C20H24FN3O3S/c1-14(18(17-3-2-12-28-17)24-8-10-27-11-9-24)23-20(26)19(25)22-13-15-4-6-16(21)7-5-15/h2-7,12,14,18H,8-11,13H2,1H3,(H,22,25)(H,23,26). The first-order valence-electron chi connectivity index (χ1n) is 9.23. The number of ether oxygens (including phenoxy) is 1. The molecule has 0 aliphatic carbocycles. The van der Waals surface area contributed by atoms with Gasteiger partial charge in [-0.1, -0.05) is 18.2 Å². The van der Waals surface area contributed by atoms with E-state index in [9.17, 15) is 14.0 Å².